The molecule has 0 aliphatic carbocycles. The Bertz CT molecular complexity index is 146. The fourth-order valence-corrected chi connectivity index (χ4v) is 0.542. The first-order valence-electron chi connectivity index (χ1n) is 3.10. The molecule has 0 aromatic carbocycles. The number of hydrogen-bond donors (Lipinski definition) is 1. The van der Waals surface area contributed by atoms with Gasteiger partial charge in [0.15, 0.2) is 0 Å². The summed E-state index contributed by atoms with van der Waals surface area (Å²) in [6.07, 6.45) is 1.29. The Morgan fingerprint density at radius 3 is 2.40 bits per heavy atom. The standard InChI is InChI=1S/C7H12O2S/c1-5(2)9-7(8)4-6(3)10/h4-5,10H,1-3H3/b6-4+. The smallest absolute Gasteiger partial charge is 0.331 e. The average molecular weight is 160 g/mol. The molecule has 3 heteroatoms. The SMILES string of the molecule is C/C(S)=C\C(=O)OC(C)C. The van der Waals surface area contributed by atoms with Crippen molar-refractivity contribution in [3.05, 3.63) is 11.0 Å². The lowest BCUT2D eigenvalue weighted by atomic mass is 10.4. The summed E-state index contributed by atoms with van der Waals surface area (Å²) in [7, 11) is 0. The lowest BCUT2D eigenvalue weighted by molar-refractivity contribution is -0.141. The largest absolute Gasteiger partial charge is 0.460 e. The van der Waals surface area contributed by atoms with Crippen molar-refractivity contribution in [2.45, 2.75) is 26.9 Å². The van der Waals surface area contributed by atoms with Crippen molar-refractivity contribution in [1.82, 2.24) is 0 Å². The van der Waals surface area contributed by atoms with Gasteiger partial charge in [-0.2, -0.15) is 0 Å². The van der Waals surface area contributed by atoms with Crippen molar-refractivity contribution >= 4 is 18.6 Å². The quantitative estimate of drug-likeness (QED) is 0.378. The van der Waals surface area contributed by atoms with Crippen molar-refractivity contribution in [1.29, 1.82) is 0 Å². The molecule has 0 aromatic rings. The number of carbonyl (C=O) groups excluding carboxylic acids is 1. The fourth-order valence-electron chi connectivity index (χ4n) is 0.437. The molecule has 0 heterocycles. The minimum atomic E-state index is -0.331. The molecule has 2 nitrogen and oxygen atoms in total. The Morgan fingerprint density at radius 2 is 2.10 bits per heavy atom. The van der Waals surface area contributed by atoms with Gasteiger partial charge in [0, 0.05) is 6.08 Å². The number of hydrogen-bond acceptors (Lipinski definition) is 3. The van der Waals surface area contributed by atoms with E-state index in [0.717, 1.165) is 0 Å². The van der Waals surface area contributed by atoms with E-state index in [1.807, 2.05) is 0 Å². The maximum atomic E-state index is 10.7. The summed E-state index contributed by atoms with van der Waals surface area (Å²) < 4.78 is 4.80. The van der Waals surface area contributed by atoms with Crippen molar-refractivity contribution in [3.63, 3.8) is 0 Å². The highest BCUT2D eigenvalue weighted by Crippen LogP contribution is 1.98. The van der Waals surface area contributed by atoms with Gasteiger partial charge in [-0.25, -0.2) is 4.79 Å². The molecular weight excluding hydrogens is 148 g/mol. The molecule has 0 radical (unpaired) electrons. The number of ether oxygens (including phenoxy) is 1. The van der Waals surface area contributed by atoms with Crippen molar-refractivity contribution in [2.24, 2.45) is 0 Å². The van der Waals surface area contributed by atoms with Crippen molar-refractivity contribution in [2.75, 3.05) is 0 Å². The normalized spacial score (nSPS) is 11.9. The number of thiol groups is 1. The second kappa shape index (κ2) is 4.39. The summed E-state index contributed by atoms with van der Waals surface area (Å²) in [5.41, 5.74) is 0. The van der Waals surface area contributed by atoms with E-state index in [2.05, 4.69) is 12.6 Å². The van der Waals surface area contributed by atoms with E-state index in [1.54, 1.807) is 20.8 Å². The summed E-state index contributed by atoms with van der Waals surface area (Å²) in [5.74, 6) is -0.331. The fraction of sp³-hybridized carbons (Fsp3) is 0.571. The predicted octanol–water partition coefficient (Wildman–Crippen LogP) is 1.77. The Hall–Kier alpha value is -0.440. The van der Waals surface area contributed by atoms with Gasteiger partial charge in [0.25, 0.3) is 0 Å². The molecular formula is C7H12O2S. The maximum Gasteiger partial charge on any atom is 0.331 e. The molecule has 0 atom stereocenters. The predicted molar refractivity (Wildman–Crippen MR) is 44.0 cm³/mol. The second-order valence-electron chi connectivity index (χ2n) is 2.27. The van der Waals surface area contributed by atoms with Crippen LogP contribution in [0.3, 0.4) is 0 Å². The number of carbonyl (C=O) groups is 1. The van der Waals surface area contributed by atoms with E-state index in [4.69, 9.17) is 4.74 Å². The highest BCUT2D eigenvalue weighted by Gasteiger charge is 1.99. The van der Waals surface area contributed by atoms with Gasteiger partial charge in [-0.1, -0.05) is 0 Å². The van der Waals surface area contributed by atoms with Gasteiger partial charge in [0.1, 0.15) is 0 Å². The molecule has 0 saturated carbocycles. The topological polar surface area (TPSA) is 26.3 Å². The van der Waals surface area contributed by atoms with Gasteiger partial charge in [0.05, 0.1) is 6.10 Å². The van der Waals surface area contributed by atoms with E-state index in [1.165, 1.54) is 6.08 Å². The van der Waals surface area contributed by atoms with Crippen LogP contribution >= 0.6 is 12.6 Å². The lowest BCUT2D eigenvalue weighted by Crippen LogP contribution is -2.08. The minimum Gasteiger partial charge on any atom is -0.460 e. The molecule has 0 rings (SSSR count). The zero-order valence-electron chi connectivity index (χ0n) is 6.42. The van der Waals surface area contributed by atoms with Gasteiger partial charge in [0.2, 0.25) is 0 Å². The molecule has 10 heavy (non-hydrogen) atoms. The molecule has 0 amide bonds. The molecule has 0 unspecified atom stereocenters. The van der Waals surface area contributed by atoms with Crippen LogP contribution in [-0.4, -0.2) is 12.1 Å². The van der Waals surface area contributed by atoms with Gasteiger partial charge in [-0.05, 0) is 25.7 Å². The zero-order chi connectivity index (χ0) is 8.15. The van der Waals surface area contributed by atoms with E-state index >= 15 is 0 Å². The third kappa shape index (κ3) is 5.69. The molecule has 0 aliphatic heterocycles. The first-order chi connectivity index (χ1) is 4.52. The summed E-state index contributed by atoms with van der Waals surface area (Å²) in [6.45, 7) is 5.34. The Kier molecular flexibility index (Phi) is 4.19. The van der Waals surface area contributed by atoms with Crippen LogP contribution in [0, 0.1) is 0 Å². The van der Waals surface area contributed by atoms with Crippen LogP contribution in [-0.2, 0) is 9.53 Å². The van der Waals surface area contributed by atoms with Crippen molar-refractivity contribution in [3.8, 4) is 0 Å². The summed E-state index contributed by atoms with van der Waals surface area (Å²) in [5, 5.41) is 0. The van der Waals surface area contributed by atoms with Crippen LogP contribution in [0.15, 0.2) is 11.0 Å². The van der Waals surface area contributed by atoms with E-state index in [-0.39, 0.29) is 12.1 Å². The zero-order valence-corrected chi connectivity index (χ0v) is 7.31. The van der Waals surface area contributed by atoms with Crippen LogP contribution in [0.5, 0.6) is 0 Å². The molecule has 0 bridgehead atoms. The van der Waals surface area contributed by atoms with Crippen LogP contribution in [0.1, 0.15) is 20.8 Å². The Morgan fingerprint density at radius 1 is 1.60 bits per heavy atom. The highest BCUT2D eigenvalue weighted by atomic mass is 32.1. The Labute approximate surface area is 66.7 Å². The lowest BCUT2D eigenvalue weighted by Gasteiger charge is -2.03. The number of allylic oxidation sites excluding steroid dienone is 1. The van der Waals surface area contributed by atoms with Crippen LogP contribution in [0.25, 0.3) is 0 Å². The molecule has 0 fully saturated rings. The first kappa shape index (κ1) is 9.56. The summed E-state index contributed by atoms with van der Waals surface area (Å²) in [6, 6.07) is 0. The molecule has 0 aliphatic rings. The van der Waals surface area contributed by atoms with Gasteiger partial charge >= 0.3 is 5.97 Å². The average Bonchev–Trinajstić information content (AvgIpc) is 1.58. The third-order valence-corrected chi connectivity index (χ3v) is 0.808. The molecule has 0 saturated heterocycles. The van der Waals surface area contributed by atoms with Gasteiger partial charge < -0.3 is 4.74 Å². The van der Waals surface area contributed by atoms with Crippen LogP contribution in [0.2, 0.25) is 0 Å². The minimum absolute atomic E-state index is 0.0589. The number of esters is 1. The molecule has 0 N–H and O–H groups in total. The second-order valence-corrected chi connectivity index (χ2v) is 2.98. The molecule has 0 spiro atoms. The van der Waals surface area contributed by atoms with Crippen molar-refractivity contribution < 1.29 is 9.53 Å². The third-order valence-electron chi connectivity index (χ3n) is 0.679. The van der Waals surface area contributed by atoms with Gasteiger partial charge in [-0.3, -0.25) is 0 Å². The van der Waals surface area contributed by atoms with Gasteiger partial charge in [-0.15, -0.1) is 12.6 Å². The maximum absolute atomic E-state index is 10.7. The Balaban J connectivity index is 3.76. The van der Waals surface area contributed by atoms with Crippen LogP contribution in [0.4, 0.5) is 0 Å². The summed E-state index contributed by atoms with van der Waals surface area (Å²) >= 11 is 3.92. The van der Waals surface area contributed by atoms with Crippen LogP contribution < -0.4 is 0 Å². The molecule has 58 valence electrons. The monoisotopic (exact) mass is 160 g/mol. The van der Waals surface area contributed by atoms with E-state index < -0.39 is 0 Å². The van der Waals surface area contributed by atoms with E-state index in [0.29, 0.717) is 4.91 Å². The number of rotatable bonds is 2. The molecule has 0 aromatic heterocycles. The summed E-state index contributed by atoms with van der Waals surface area (Å²) in [4.78, 5) is 11.4. The highest BCUT2D eigenvalue weighted by molar-refractivity contribution is 7.84. The van der Waals surface area contributed by atoms with E-state index in [9.17, 15) is 4.79 Å². The first-order valence-corrected chi connectivity index (χ1v) is 3.55.